The second-order valence-corrected chi connectivity index (χ2v) is 10.6. The van der Waals surface area contributed by atoms with Crippen LogP contribution in [0.2, 0.25) is 0 Å². The molecule has 12 heteroatoms. The topological polar surface area (TPSA) is 121 Å². The average molecular weight is 589 g/mol. The van der Waals surface area contributed by atoms with E-state index < -0.39 is 17.6 Å². The third-order valence-corrected chi connectivity index (χ3v) is 8.02. The molecule has 2 aromatic carbocycles. The van der Waals surface area contributed by atoms with E-state index in [1.165, 1.54) is 12.1 Å². The lowest BCUT2D eigenvalue weighted by atomic mass is 9.97. The average Bonchev–Trinajstić information content (AvgIpc) is 3.60. The third-order valence-electron chi connectivity index (χ3n) is 8.02. The molecule has 43 heavy (non-hydrogen) atoms. The number of hydrogen-bond acceptors (Lipinski definition) is 7. The Kier molecular flexibility index (Phi) is 7.53. The van der Waals surface area contributed by atoms with Crippen LogP contribution in [0.5, 0.6) is 0 Å². The maximum atomic E-state index is 14.6. The lowest BCUT2D eigenvalue weighted by molar-refractivity contribution is 0.0929. The van der Waals surface area contributed by atoms with Crippen molar-refractivity contribution in [2.24, 2.45) is 0 Å². The van der Waals surface area contributed by atoms with Gasteiger partial charge in [0.2, 0.25) is 0 Å². The largest absolute Gasteiger partial charge is 0.508 e. The second-order valence-electron chi connectivity index (χ2n) is 10.6. The fourth-order valence-electron chi connectivity index (χ4n) is 5.78. The van der Waals surface area contributed by atoms with Gasteiger partial charge in [0.25, 0.3) is 11.8 Å². The van der Waals surface area contributed by atoms with Gasteiger partial charge in [-0.15, -0.1) is 0 Å². The van der Waals surface area contributed by atoms with Gasteiger partial charge in [0.15, 0.2) is 11.5 Å². The van der Waals surface area contributed by atoms with Gasteiger partial charge >= 0.3 is 0 Å². The number of nitrogens with zero attached hydrogens (tertiary/aromatic N) is 4. The number of rotatable bonds is 7. The molecule has 6 rings (SSSR count). The van der Waals surface area contributed by atoms with Crippen molar-refractivity contribution in [3.8, 4) is 0 Å². The van der Waals surface area contributed by atoms with E-state index in [2.05, 4.69) is 27.3 Å². The fraction of sp³-hybridized carbons (Fsp3) is 0.290. The molecule has 1 atom stereocenters. The highest BCUT2D eigenvalue weighted by atomic mass is 19.1. The Balaban J connectivity index is 1.22. The third kappa shape index (κ3) is 5.41. The number of aliphatic hydroxyl groups is 1. The van der Waals surface area contributed by atoms with Gasteiger partial charge in [-0.1, -0.05) is 24.8 Å². The lowest BCUT2D eigenvalue weighted by Gasteiger charge is -2.29. The van der Waals surface area contributed by atoms with Crippen LogP contribution in [0.1, 0.15) is 61.3 Å². The summed E-state index contributed by atoms with van der Waals surface area (Å²) in [6, 6.07) is 9.16. The van der Waals surface area contributed by atoms with Crippen LogP contribution in [-0.4, -0.2) is 57.8 Å². The summed E-state index contributed by atoms with van der Waals surface area (Å²) in [6.07, 6.45) is 2.26. The Hall–Kier alpha value is -4.84. The minimum atomic E-state index is -0.781. The summed E-state index contributed by atoms with van der Waals surface area (Å²) >= 11 is 0. The van der Waals surface area contributed by atoms with Crippen molar-refractivity contribution >= 4 is 28.9 Å². The number of hydrogen-bond donors (Lipinski definition) is 3. The summed E-state index contributed by atoms with van der Waals surface area (Å²) in [5, 5.41) is 19.6. The summed E-state index contributed by atoms with van der Waals surface area (Å²) in [5.74, 6) is -2.35. The number of halogens is 2. The summed E-state index contributed by atoms with van der Waals surface area (Å²) < 4.78 is 35.5. The van der Waals surface area contributed by atoms with Crippen LogP contribution < -0.4 is 15.5 Å². The minimum absolute atomic E-state index is 0.0181. The molecule has 222 valence electrons. The van der Waals surface area contributed by atoms with Crippen LogP contribution >= 0.6 is 0 Å². The Bertz CT molecular complexity index is 1770. The van der Waals surface area contributed by atoms with Crippen LogP contribution in [0.4, 0.5) is 14.5 Å². The van der Waals surface area contributed by atoms with Gasteiger partial charge in [-0.3, -0.25) is 9.59 Å². The van der Waals surface area contributed by atoms with E-state index in [0.717, 1.165) is 27.4 Å². The normalized spacial score (nSPS) is 16.3. The number of anilines is 1. The van der Waals surface area contributed by atoms with Crippen molar-refractivity contribution in [1.82, 2.24) is 25.2 Å². The SMILES string of the molecule is C=C(O)c1ccc2c(c1C)CC[C@@H]2NC(=O)c1cc(C(=O)NCc2ccc(F)c(N3CCOCC3)c2)nc2c(F)cnn12. The van der Waals surface area contributed by atoms with E-state index in [-0.39, 0.29) is 41.2 Å². The van der Waals surface area contributed by atoms with Gasteiger partial charge in [-0.25, -0.2) is 18.3 Å². The zero-order valence-corrected chi connectivity index (χ0v) is 23.5. The van der Waals surface area contributed by atoms with Crippen molar-refractivity contribution in [3.63, 3.8) is 0 Å². The number of carbonyl (C=O) groups excluding carboxylic acids is 2. The molecule has 4 aromatic rings. The second kappa shape index (κ2) is 11.4. The summed E-state index contributed by atoms with van der Waals surface area (Å²) in [7, 11) is 0. The highest BCUT2D eigenvalue weighted by Gasteiger charge is 2.29. The molecular formula is C31H30F2N6O4. The van der Waals surface area contributed by atoms with Gasteiger partial charge in [0.1, 0.15) is 23.0 Å². The van der Waals surface area contributed by atoms with E-state index in [4.69, 9.17) is 4.74 Å². The Morgan fingerprint density at radius 3 is 2.67 bits per heavy atom. The molecule has 0 radical (unpaired) electrons. The number of ether oxygens (including phenoxy) is 1. The van der Waals surface area contributed by atoms with E-state index >= 15 is 0 Å². The number of morpholine rings is 1. The van der Waals surface area contributed by atoms with Crippen molar-refractivity contribution in [1.29, 1.82) is 0 Å². The highest BCUT2D eigenvalue weighted by Crippen LogP contribution is 2.36. The summed E-state index contributed by atoms with van der Waals surface area (Å²) in [4.78, 5) is 32.7. The zero-order valence-electron chi connectivity index (χ0n) is 23.5. The molecule has 0 saturated carbocycles. The van der Waals surface area contributed by atoms with Crippen LogP contribution in [-0.2, 0) is 17.7 Å². The molecule has 1 aliphatic carbocycles. The van der Waals surface area contributed by atoms with Crippen molar-refractivity contribution < 1.29 is 28.2 Å². The molecule has 0 unspecified atom stereocenters. The molecule has 1 saturated heterocycles. The number of benzene rings is 2. The number of nitrogens with one attached hydrogen (secondary N) is 2. The number of aromatic nitrogens is 3. The lowest BCUT2D eigenvalue weighted by Crippen LogP contribution is -2.36. The van der Waals surface area contributed by atoms with Gasteiger partial charge in [0.05, 0.1) is 31.1 Å². The smallest absolute Gasteiger partial charge is 0.270 e. The van der Waals surface area contributed by atoms with Crippen molar-refractivity contribution in [2.75, 3.05) is 31.2 Å². The molecular weight excluding hydrogens is 558 g/mol. The van der Waals surface area contributed by atoms with Crippen molar-refractivity contribution in [3.05, 3.63) is 100 Å². The molecule has 1 aliphatic heterocycles. The van der Waals surface area contributed by atoms with E-state index in [0.29, 0.717) is 56.0 Å². The van der Waals surface area contributed by atoms with Crippen LogP contribution in [0.3, 0.4) is 0 Å². The highest BCUT2D eigenvalue weighted by molar-refractivity contribution is 5.98. The Morgan fingerprint density at radius 1 is 1.12 bits per heavy atom. The molecule has 3 N–H and O–H groups in total. The van der Waals surface area contributed by atoms with Crippen LogP contribution in [0.25, 0.3) is 11.4 Å². The molecule has 2 aliphatic rings. The summed E-state index contributed by atoms with van der Waals surface area (Å²) in [5.41, 5.74) is 4.11. The van der Waals surface area contributed by atoms with Crippen LogP contribution in [0, 0.1) is 18.6 Å². The van der Waals surface area contributed by atoms with Gasteiger partial charge < -0.3 is 25.4 Å². The quantitative estimate of drug-likeness (QED) is 0.279. The van der Waals surface area contributed by atoms with E-state index in [1.54, 1.807) is 18.2 Å². The first kappa shape index (κ1) is 28.3. The standard InChI is InChI=1S/C31H30F2N6O4/c1-17-20(18(2)40)4-5-22-21(17)6-8-25(22)37-31(42)28-14-26(36-29-24(33)16-35-39(28)29)30(41)34-15-19-3-7-23(32)27(13-19)38-9-11-43-12-10-38/h3-5,7,13-14,16,25,40H,2,6,8-12,15H2,1H3,(H,34,41)(H,37,42)/t25-/m0/s1. The van der Waals surface area contributed by atoms with Gasteiger partial charge in [0, 0.05) is 31.3 Å². The van der Waals surface area contributed by atoms with Gasteiger partial charge in [-0.2, -0.15) is 5.10 Å². The predicted molar refractivity (Wildman–Crippen MR) is 155 cm³/mol. The summed E-state index contributed by atoms with van der Waals surface area (Å²) in [6.45, 7) is 7.70. The Morgan fingerprint density at radius 2 is 1.91 bits per heavy atom. The molecule has 2 aromatic heterocycles. The molecule has 0 spiro atoms. The van der Waals surface area contributed by atoms with E-state index in [1.807, 2.05) is 17.9 Å². The molecule has 1 fully saturated rings. The number of carbonyl (C=O) groups is 2. The molecule has 10 nitrogen and oxygen atoms in total. The number of fused-ring (bicyclic) bond motifs is 2. The first-order valence-corrected chi connectivity index (χ1v) is 14.0. The number of amides is 2. The minimum Gasteiger partial charge on any atom is -0.508 e. The number of aliphatic hydroxyl groups excluding tert-OH is 1. The molecule has 0 bridgehead atoms. The first-order chi connectivity index (χ1) is 20.7. The predicted octanol–water partition coefficient (Wildman–Crippen LogP) is 4.03. The zero-order chi connectivity index (χ0) is 30.2. The monoisotopic (exact) mass is 588 g/mol. The fourth-order valence-corrected chi connectivity index (χ4v) is 5.78. The Labute approximate surface area is 246 Å². The molecule has 2 amide bonds. The van der Waals surface area contributed by atoms with Crippen LogP contribution in [0.15, 0.2) is 49.2 Å². The molecule has 3 heterocycles. The van der Waals surface area contributed by atoms with Gasteiger partial charge in [-0.05, 0) is 54.2 Å². The van der Waals surface area contributed by atoms with Crippen molar-refractivity contribution in [2.45, 2.75) is 32.4 Å². The first-order valence-electron chi connectivity index (χ1n) is 14.0. The maximum absolute atomic E-state index is 14.6. The van der Waals surface area contributed by atoms with E-state index in [9.17, 15) is 23.5 Å². The maximum Gasteiger partial charge on any atom is 0.270 e.